The Labute approximate surface area is 213 Å². The van der Waals surface area contributed by atoms with Gasteiger partial charge in [-0.3, -0.25) is 19.2 Å². The van der Waals surface area contributed by atoms with Gasteiger partial charge in [0.25, 0.3) is 0 Å². The zero-order chi connectivity index (χ0) is 27.2. The predicted octanol–water partition coefficient (Wildman–Crippen LogP) is 4.45. The zero-order valence-corrected chi connectivity index (χ0v) is 22.8. The van der Waals surface area contributed by atoms with Crippen LogP contribution < -0.4 is 0 Å². The Balaban J connectivity index is 2.27. The smallest absolute Gasteiger partial charge is 0.303 e. The molecule has 36 heavy (non-hydrogen) atoms. The van der Waals surface area contributed by atoms with Crippen LogP contribution in [-0.4, -0.2) is 48.3 Å². The number of hydrogen-bond acceptors (Lipinski definition) is 8. The molecule has 3 aliphatic rings. The molecule has 0 amide bonds. The van der Waals surface area contributed by atoms with Crippen molar-refractivity contribution in [3.63, 3.8) is 0 Å². The van der Waals surface area contributed by atoms with Crippen molar-refractivity contribution in [2.45, 2.75) is 105 Å². The topological polar surface area (TPSA) is 105 Å². The largest absolute Gasteiger partial charge is 0.458 e. The maximum Gasteiger partial charge on any atom is 0.303 e. The molecule has 0 aromatic rings. The minimum atomic E-state index is -0.867. The van der Waals surface area contributed by atoms with Gasteiger partial charge in [0.1, 0.15) is 18.3 Å². The highest BCUT2D eigenvalue weighted by molar-refractivity contribution is 5.69. The number of carbonyl (C=O) groups is 4. The molecule has 7 atom stereocenters. The second kappa shape index (κ2) is 10.0. The van der Waals surface area contributed by atoms with Gasteiger partial charge in [0, 0.05) is 33.1 Å². The third-order valence-corrected chi connectivity index (χ3v) is 8.66. The number of fused-ring (bicyclic) bond motifs is 3. The van der Waals surface area contributed by atoms with Gasteiger partial charge >= 0.3 is 23.9 Å². The zero-order valence-electron chi connectivity index (χ0n) is 22.8. The lowest BCUT2D eigenvalue weighted by atomic mass is 9.50. The van der Waals surface area contributed by atoms with Crippen molar-refractivity contribution in [2.24, 2.45) is 22.7 Å². The summed E-state index contributed by atoms with van der Waals surface area (Å²) in [5.74, 6) is -1.90. The lowest BCUT2D eigenvalue weighted by Gasteiger charge is -2.58. The van der Waals surface area contributed by atoms with E-state index in [0.717, 1.165) is 16.7 Å². The minimum Gasteiger partial charge on any atom is -0.458 e. The molecule has 3 aliphatic carbocycles. The van der Waals surface area contributed by atoms with Crippen molar-refractivity contribution in [1.82, 2.24) is 0 Å². The third-order valence-electron chi connectivity index (χ3n) is 8.66. The number of esters is 4. The van der Waals surface area contributed by atoms with Crippen molar-refractivity contribution in [2.75, 3.05) is 0 Å². The van der Waals surface area contributed by atoms with Crippen LogP contribution >= 0.6 is 0 Å². The van der Waals surface area contributed by atoms with Gasteiger partial charge in [0.15, 0.2) is 6.10 Å². The molecule has 0 aromatic carbocycles. The lowest BCUT2D eigenvalue weighted by Crippen LogP contribution is -2.59. The van der Waals surface area contributed by atoms with Crippen LogP contribution in [0.1, 0.15) is 81.1 Å². The Morgan fingerprint density at radius 2 is 1.33 bits per heavy atom. The summed E-state index contributed by atoms with van der Waals surface area (Å²) in [5, 5.41) is 0. The van der Waals surface area contributed by atoms with Crippen molar-refractivity contribution in [1.29, 1.82) is 0 Å². The summed E-state index contributed by atoms with van der Waals surface area (Å²) in [6.07, 6.45) is -0.234. The van der Waals surface area contributed by atoms with Crippen LogP contribution in [0, 0.1) is 22.7 Å². The van der Waals surface area contributed by atoms with Crippen molar-refractivity contribution in [3.05, 3.63) is 23.3 Å². The first-order chi connectivity index (χ1) is 16.6. The highest BCUT2D eigenvalue weighted by Crippen LogP contribution is 2.60. The molecule has 0 N–H and O–H groups in total. The van der Waals surface area contributed by atoms with E-state index in [4.69, 9.17) is 18.9 Å². The Bertz CT molecular complexity index is 992. The monoisotopic (exact) mass is 504 g/mol. The van der Waals surface area contributed by atoms with E-state index in [-0.39, 0.29) is 17.8 Å². The van der Waals surface area contributed by atoms with E-state index in [0.29, 0.717) is 25.7 Å². The summed E-state index contributed by atoms with van der Waals surface area (Å²) in [6.45, 7) is 17.9. The van der Waals surface area contributed by atoms with E-state index < -0.39 is 53.2 Å². The Hall–Kier alpha value is -2.64. The molecule has 0 aromatic heterocycles. The van der Waals surface area contributed by atoms with Gasteiger partial charge in [-0.05, 0) is 66.6 Å². The predicted molar refractivity (Wildman–Crippen MR) is 131 cm³/mol. The Kier molecular flexibility index (Phi) is 7.78. The molecule has 2 bridgehead atoms. The first-order valence-electron chi connectivity index (χ1n) is 12.7. The van der Waals surface area contributed by atoms with Gasteiger partial charge in [-0.2, -0.15) is 0 Å². The molecular formula is C28H40O8. The van der Waals surface area contributed by atoms with Gasteiger partial charge in [0.05, 0.1) is 0 Å². The second-order valence-electron chi connectivity index (χ2n) is 11.4. The standard InChI is InChI=1S/C28H40O8/c1-14-21-12-20-13-23(34-17(4)30)15(2)24(27(20,7)8)25(35-18(5)31)26(36-19(6)32)28(21,9)11-10-22(14)33-16(3)29/h20-23,25-26H,1,10-13H2,2-9H3/t20-,21-,22+,23+,25?,26+,28-/m1/s1. The summed E-state index contributed by atoms with van der Waals surface area (Å²) >= 11 is 0. The summed E-state index contributed by atoms with van der Waals surface area (Å²) in [6, 6.07) is 0. The number of hydrogen-bond donors (Lipinski definition) is 0. The quantitative estimate of drug-likeness (QED) is 0.314. The third kappa shape index (κ3) is 5.09. The Morgan fingerprint density at radius 3 is 1.86 bits per heavy atom. The summed E-state index contributed by atoms with van der Waals surface area (Å²) in [5.41, 5.74) is 1.33. The van der Waals surface area contributed by atoms with Crippen LogP contribution in [0.15, 0.2) is 23.3 Å². The van der Waals surface area contributed by atoms with E-state index in [1.54, 1.807) is 0 Å². The fourth-order valence-electron chi connectivity index (χ4n) is 6.95. The highest BCUT2D eigenvalue weighted by atomic mass is 16.6. The van der Waals surface area contributed by atoms with Crippen molar-refractivity contribution < 1.29 is 38.1 Å². The minimum absolute atomic E-state index is 0.0361. The molecule has 0 aliphatic heterocycles. The first kappa shape index (κ1) is 27.9. The maximum atomic E-state index is 12.4. The molecule has 200 valence electrons. The molecule has 0 saturated heterocycles. The molecule has 8 heteroatoms. The lowest BCUT2D eigenvalue weighted by molar-refractivity contribution is -0.187. The van der Waals surface area contributed by atoms with Gasteiger partial charge in [-0.15, -0.1) is 0 Å². The SMILES string of the molecule is C=C1[C@@H](OC(C)=O)CC[C@]2(C)[C@@H]1C[C@@H]1C[C@H](OC(C)=O)C(C)=C(C(OC(C)=O)[C@@H]2OC(C)=O)C1(C)C. The maximum absolute atomic E-state index is 12.4. The fourth-order valence-corrected chi connectivity index (χ4v) is 6.95. The highest BCUT2D eigenvalue weighted by Gasteiger charge is 2.60. The van der Waals surface area contributed by atoms with Crippen molar-refractivity contribution in [3.8, 4) is 0 Å². The molecule has 8 nitrogen and oxygen atoms in total. The number of carbonyl (C=O) groups excluding carboxylic acids is 4. The van der Waals surface area contributed by atoms with E-state index in [9.17, 15) is 19.2 Å². The fraction of sp³-hybridized carbons (Fsp3) is 0.714. The van der Waals surface area contributed by atoms with E-state index in [2.05, 4.69) is 20.4 Å². The molecule has 2 fully saturated rings. The number of ether oxygens (including phenoxy) is 4. The molecule has 2 saturated carbocycles. The molecule has 0 radical (unpaired) electrons. The van der Waals surface area contributed by atoms with E-state index >= 15 is 0 Å². The molecular weight excluding hydrogens is 464 g/mol. The summed E-state index contributed by atoms with van der Waals surface area (Å²) in [7, 11) is 0. The Morgan fingerprint density at radius 1 is 0.806 bits per heavy atom. The molecule has 0 spiro atoms. The van der Waals surface area contributed by atoms with E-state index in [1.165, 1.54) is 27.7 Å². The van der Waals surface area contributed by atoms with Gasteiger partial charge in [-0.25, -0.2) is 0 Å². The van der Waals surface area contributed by atoms with Crippen LogP contribution in [0.3, 0.4) is 0 Å². The van der Waals surface area contributed by atoms with Gasteiger partial charge in [-0.1, -0.05) is 27.4 Å². The number of rotatable bonds is 4. The first-order valence-corrected chi connectivity index (χ1v) is 12.7. The summed E-state index contributed by atoms with van der Waals surface area (Å²) in [4.78, 5) is 48.7. The molecule has 0 heterocycles. The van der Waals surface area contributed by atoms with E-state index in [1.807, 2.05) is 13.8 Å². The average Bonchev–Trinajstić information content (AvgIpc) is 2.72. The second-order valence-corrected chi connectivity index (χ2v) is 11.4. The van der Waals surface area contributed by atoms with Crippen molar-refractivity contribution >= 4 is 23.9 Å². The molecule has 3 rings (SSSR count). The van der Waals surface area contributed by atoms with Gasteiger partial charge < -0.3 is 18.9 Å². The van der Waals surface area contributed by atoms with Crippen LogP contribution in [0.25, 0.3) is 0 Å². The van der Waals surface area contributed by atoms with Crippen LogP contribution in [0.5, 0.6) is 0 Å². The van der Waals surface area contributed by atoms with Crippen LogP contribution in [0.2, 0.25) is 0 Å². The van der Waals surface area contributed by atoms with Crippen LogP contribution in [-0.2, 0) is 38.1 Å². The average molecular weight is 505 g/mol. The van der Waals surface area contributed by atoms with Gasteiger partial charge in [0.2, 0.25) is 0 Å². The molecule has 1 unspecified atom stereocenters. The summed E-state index contributed by atoms with van der Waals surface area (Å²) < 4.78 is 23.4. The normalized spacial score (nSPS) is 35.5. The van der Waals surface area contributed by atoms with Crippen LogP contribution in [0.4, 0.5) is 0 Å².